The molecule has 2 aromatic heterocycles. The molecule has 1 aliphatic rings. The van der Waals surface area contributed by atoms with Gasteiger partial charge >= 0.3 is 0 Å². The molecule has 1 fully saturated rings. The van der Waals surface area contributed by atoms with Gasteiger partial charge in [-0.05, 0) is 30.7 Å². The van der Waals surface area contributed by atoms with Gasteiger partial charge in [0.1, 0.15) is 6.33 Å². The predicted octanol–water partition coefficient (Wildman–Crippen LogP) is 3.27. The van der Waals surface area contributed by atoms with E-state index in [1.165, 1.54) is 10.7 Å². The zero-order valence-electron chi connectivity index (χ0n) is 17.7. The highest BCUT2D eigenvalue weighted by Crippen LogP contribution is 2.33. The van der Waals surface area contributed by atoms with E-state index < -0.39 is 0 Å². The van der Waals surface area contributed by atoms with Crippen LogP contribution in [0.15, 0.2) is 45.9 Å². The summed E-state index contributed by atoms with van der Waals surface area (Å²) in [5, 5.41) is 1.27. The molecular formula is C23H23BrN4O4. The molecule has 1 saturated heterocycles. The van der Waals surface area contributed by atoms with E-state index in [1.807, 2.05) is 24.3 Å². The van der Waals surface area contributed by atoms with Crippen LogP contribution in [-0.4, -0.2) is 65.8 Å². The largest absolute Gasteiger partial charge is 0.493 e. The first-order valence-corrected chi connectivity index (χ1v) is 11.3. The molecule has 9 heteroatoms. The van der Waals surface area contributed by atoms with E-state index in [0.717, 1.165) is 49.1 Å². The quantitative estimate of drug-likeness (QED) is 0.229. The van der Waals surface area contributed by atoms with Crippen LogP contribution in [-0.2, 0) is 4.74 Å². The normalized spacial score (nSPS) is 14.9. The number of halogens is 1. The van der Waals surface area contributed by atoms with Crippen molar-refractivity contribution in [1.29, 1.82) is 0 Å². The molecular weight excluding hydrogens is 476 g/mol. The van der Waals surface area contributed by atoms with Gasteiger partial charge in [0.15, 0.2) is 17.1 Å². The van der Waals surface area contributed by atoms with Crippen LogP contribution in [0.5, 0.6) is 11.5 Å². The van der Waals surface area contributed by atoms with Gasteiger partial charge in [-0.1, -0.05) is 15.9 Å². The molecule has 0 N–H and O–H groups in total. The summed E-state index contributed by atoms with van der Waals surface area (Å²) in [5.74, 6) is 1.22. The summed E-state index contributed by atoms with van der Waals surface area (Å²) in [5.41, 5.74) is 1.69. The molecule has 0 atom stereocenters. The van der Waals surface area contributed by atoms with Crippen molar-refractivity contribution in [2.75, 3.05) is 46.6 Å². The maximum atomic E-state index is 13.0. The summed E-state index contributed by atoms with van der Waals surface area (Å²) in [7, 11) is 1.61. The van der Waals surface area contributed by atoms with Crippen molar-refractivity contribution in [3.63, 3.8) is 0 Å². The molecule has 32 heavy (non-hydrogen) atoms. The van der Waals surface area contributed by atoms with Crippen LogP contribution in [0.4, 0.5) is 0 Å². The number of aromatic nitrogens is 3. The Labute approximate surface area is 192 Å². The molecule has 5 rings (SSSR count). The number of hydrogen-bond acceptors (Lipinski definition) is 7. The fourth-order valence-electron chi connectivity index (χ4n) is 3.99. The van der Waals surface area contributed by atoms with Gasteiger partial charge in [0, 0.05) is 35.6 Å². The van der Waals surface area contributed by atoms with Gasteiger partial charge in [-0.15, -0.1) is 0 Å². The molecule has 3 heterocycles. The third-order valence-corrected chi connectivity index (χ3v) is 6.17. The van der Waals surface area contributed by atoms with Crippen molar-refractivity contribution in [3.8, 4) is 11.5 Å². The van der Waals surface area contributed by atoms with Crippen LogP contribution in [0, 0.1) is 0 Å². The molecule has 0 aliphatic carbocycles. The molecule has 1 aliphatic heterocycles. The van der Waals surface area contributed by atoms with Crippen molar-refractivity contribution >= 4 is 43.4 Å². The van der Waals surface area contributed by atoms with E-state index in [2.05, 4.69) is 25.8 Å². The number of fused-ring (bicyclic) bond motifs is 4. The SMILES string of the molecule is COc1cc2ncn3c(=O)c4cc(Br)ccc4nc3c2cc1OCCCN1CCOCC1. The third-order valence-electron chi connectivity index (χ3n) is 5.68. The molecule has 0 unspecified atom stereocenters. The number of rotatable bonds is 6. The lowest BCUT2D eigenvalue weighted by Gasteiger charge is -2.26. The zero-order chi connectivity index (χ0) is 22.1. The van der Waals surface area contributed by atoms with Gasteiger partial charge in [-0.3, -0.25) is 9.69 Å². The summed E-state index contributed by atoms with van der Waals surface area (Å²) in [6.45, 7) is 5.02. The lowest BCUT2D eigenvalue weighted by molar-refractivity contribution is 0.0357. The van der Waals surface area contributed by atoms with Crippen LogP contribution in [0.1, 0.15) is 6.42 Å². The Bertz CT molecular complexity index is 1350. The smallest absolute Gasteiger partial charge is 0.267 e. The van der Waals surface area contributed by atoms with Gasteiger partial charge in [0.25, 0.3) is 5.56 Å². The summed E-state index contributed by atoms with van der Waals surface area (Å²) < 4.78 is 19.3. The second kappa shape index (κ2) is 9.01. The maximum absolute atomic E-state index is 13.0. The van der Waals surface area contributed by atoms with E-state index in [0.29, 0.717) is 40.2 Å². The highest BCUT2D eigenvalue weighted by molar-refractivity contribution is 9.10. The predicted molar refractivity (Wildman–Crippen MR) is 126 cm³/mol. The van der Waals surface area contributed by atoms with Gasteiger partial charge in [-0.25, -0.2) is 14.4 Å². The Morgan fingerprint density at radius 3 is 2.75 bits per heavy atom. The number of ether oxygens (including phenoxy) is 3. The molecule has 0 radical (unpaired) electrons. The topological polar surface area (TPSA) is 78.2 Å². The first-order chi connectivity index (χ1) is 15.6. The van der Waals surface area contributed by atoms with Crippen LogP contribution in [0.3, 0.4) is 0 Å². The van der Waals surface area contributed by atoms with Gasteiger partial charge in [0.2, 0.25) is 0 Å². The first-order valence-electron chi connectivity index (χ1n) is 10.6. The minimum absolute atomic E-state index is 0.163. The second-order valence-electron chi connectivity index (χ2n) is 7.69. The molecule has 0 bridgehead atoms. The Morgan fingerprint density at radius 2 is 1.94 bits per heavy atom. The summed E-state index contributed by atoms with van der Waals surface area (Å²) in [6, 6.07) is 9.17. The minimum Gasteiger partial charge on any atom is -0.493 e. The monoisotopic (exact) mass is 498 g/mol. The summed E-state index contributed by atoms with van der Waals surface area (Å²) in [6.07, 6.45) is 2.40. The average molecular weight is 499 g/mol. The molecule has 0 amide bonds. The average Bonchev–Trinajstić information content (AvgIpc) is 2.82. The van der Waals surface area contributed by atoms with Crippen molar-refractivity contribution in [2.45, 2.75) is 6.42 Å². The van der Waals surface area contributed by atoms with E-state index >= 15 is 0 Å². The lowest BCUT2D eigenvalue weighted by atomic mass is 10.2. The van der Waals surface area contributed by atoms with Crippen LogP contribution < -0.4 is 15.0 Å². The van der Waals surface area contributed by atoms with Crippen molar-refractivity contribution < 1.29 is 14.2 Å². The maximum Gasteiger partial charge on any atom is 0.267 e. The zero-order valence-corrected chi connectivity index (χ0v) is 19.3. The number of benzene rings is 2. The Morgan fingerprint density at radius 1 is 1.09 bits per heavy atom. The Kier molecular flexibility index (Phi) is 5.95. The van der Waals surface area contributed by atoms with E-state index in [4.69, 9.17) is 19.2 Å². The van der Waals surface area contributed by atoms with Gasteiger partial charge in [-0.2, -0.15) is 0 Å². The van der Waals surface area contributed by atoms with Crippen LogP contribution >= 0.6 is 15.9 Å². The van der Waals surface area contributed by atoms with Crippen molar-refractivity contribution in [3.05, 3.63) is 51.5 Å². The molecule has 2 aromatic carbocycles. The second-order valence-corrected chi connectivity index (χ2v) is 8.61. The number of nitrogens with zero attached hydrogens (tertiary/aromatic N) is 4. The lowest BCUT2D eigenvalue weighted by Crippen LogP contribution is -2.37. The molecule has 4 aromatic rings. The molecule has 0 saturated carbocycles. The minimum atomic E-state index is -0.163. The highest BCUT2D eigenvalue weighted by Gasteiger charge is 2.15. The number of hydrogen-bond donors (Lipinski definition) is 0. The standard InChI is InChI=1S/C23H23BrN4O4/c1-30-20-13-19-16(12-21(20)32-8-2-5-27-6-9-31-10-7-27)22-26-18-4-3-15(24)11-17(18)23(29)28(22)14-25-19/h3-4,11-14H,2,5-10H2,1H3. The van der Waals surface area contributed by atoms with E-state index in [-0.39, 0.29) is 5.56 Å². The summed E-state index contributed by atoms with van der Waals surface area (Å²) >= 11 is 3.42. The highest BCUT2D eigenvalue weighted by atomic mass is 79.9. The number of morpholine rings is 1. The number of methoxy groups -OCH3 is 1. The van der Waals surface area contributed by atoms with E-state index in [1.54, 1.807) is 13.2 Å². The van der Waals surface area contributed by atoms with Crippen molar-refractivity contribution in [2.24, 2.45) is 0 Å². The summed E-state index contributed by atoms with van der Waals surface area (Å²) in [4.78, 5) is 24.6. The fraction of sp³-hybridized carbons (Fsp3) is 0.348. The van der Waals surface area contributed by atoms with Crippen LogP contribution in [0.25, 0.3) is 27.5 Å². The van der Waals surface area contributed by atoms with Gasteiger partial charge < -0.3 is 14.2 Å². The van der Waals surface area contributed by atoms with Crippen LogP contribution in [0.2, 0.25) is 0 Å². The first kappa shape index (κ1) is 21.1. The fourth-order valence-corrected chi connectivity index (χ4v) is 4.35. The Balaban J connectivity index is 1.50. The molecule has 0 spiro atoms. The molecule has 8 nitrogen and oxygen atoms in total. The van der Waals surface area contributed by atoms with Crippen molar-refractivity contribution in [1.82, 2.24) is 19.3 Å². The Hall–Kier alpha value is -2.75. The molecule has 166 valence electrons. The van der Waals surface area contributed by atoms with Gasteiger partial charge in [0.05, 0.1) is 43.4 Å². The van der Waals surface area contributed by atoms with E-state index in [9.17, 15) is 4.79 Å². The third kappa shape index (κ3) is 4.03.